The van der Waals surface area contributed by atoms with E-state index in [2.05, 4.69) is 28.4 Å². The van der Waals surface area contributed by atoms with Gasteiger partial charge in [0.25, 0.3) is 0 Å². The summed E-state index contributed by atoms with van der Waals surface area (Å²) in [5.41, 5.74) is 0.758. The van der Waals surface area contributed by atoms with Crippen LogP contribution in [0.3, 0.4) is 0 Å². The number of amides is 1. The number of halogens is 1. The molecule has 0 spiro atoms. The first-order chi connectivity index (χ1) is 12.1. The fourth-order valence-corrected chi connectivity index (χ4v) is 4.55. The molecule has 0 bridgehead atoms. The number of allylic oxidation sites excluding steroid dienone is 2. The highest BCUT2D eigenvalue weighted by molar-refractivity contribution is 8.04. The second kappa shape index (κ2) is 6.80. The van der Waals surface area contributed by atoms with Crippen molar-refractivity contribution in [1.82, 2.24) is 25.1 Å². The Kier molecular flexibility index (Phi) is 4.52. The molecule has 2 unspecified atom stereocenters. The predicted molar refractivity (Wildman–Crippen MR) is 97.6 cm³/mol. The molecule has 1 amide bonds. The van der Waals surface area contributed by atoms with Crippen LogP contribution < -0.4 is 0 Å². The van der Waals surface area contributed by atoms with Crippen LogP contribution in [0, 0.1) is 0 Å². The van der Waals surface area contributed by atoms with Crippen LogP contribution in [0.4, 0.5) is 0 Å². The number of carbonyl (C=O) groups excluding carboxylic acids is 1. The number of hydrogen-bond acceptors (Lipinski definition) is 5. The molecule has 0 saturated carbocycles. The van der Waals surface area contributed by atoms with Gasteiger partial charge in [-0.2, -0.15) is 0 Å². The van der Waals surface area contributed by atoms with E-state index in [4.69, 9.17) is 11.6 Å². The smallest absolute Gasteiger partial charge is 0.236 e. The summed E-state index contributed by atoms with van der Waals surface area (Å²) in [7, 11) is 0. The van der Waals surface area contributed by atoms with Crippen LogP contribution in [0.1, 0.15) is 38.1 Å². The van der Waals surface area contributed by atoms with Crippen molar-refractivity contribution in [1.29, 1.82) is 0 Å². The van der Waals surface area contributed by atoms with E-state index in [0.29, 0.717) is 10.8 Å². The van der Waals surface area contributed by atoms with E-state index in [0.717, 1.165) is 31.5 Å². The fraction of sp³-hybridized carbons (Fsp3) is 0.412. The van der Waals surface area contributed by atoms with E-state index in [1.807, 2.05) is 17.0 Å². The summed E-state index contributed by atoms with van der Waals surface area (Å²) in [6.45, 7) is 2.81. The Bertz CT molecular complexity index is 836. The van der Waals surface area contributed by atoms with Gasteiger partial charge in [0, 0.05) is 11.6 Å². The van der Waals surface area contributed by atoms with E-state index in [1.54, 1.807) is 23.9 Å². The minimum atomic E-state index is -0.0954. The molecule has 1 aromatic carbocycles. The number of rotatable bonds is 3. The summed E-state index contributed by atoms with van der Waals surface area (Å²) in [6, 6.07) is 7.21. The first-order valence-corrected chi connectivity index (χ1v) is 9.57. The molecule has 8 heteroatoms. The molecule has 3 heterocycles. The molecule has 25 heavy (non-hydrogen) atoms. The number of carbonyl (C=O) groups is 1. The average molecular weight is 376 g/mol. The summed E-state index contributed by atoms with van der Waals surface area (Å²) in [5, 5.41) is 13.5. The summed E-state index contributed by atoms with van der Waals surface area (Å²) in [5.74, 6) is 0.776. The van der Waals surface area contributed by atoms with Gasteiger partial charge in [0.2, 0.25) is 5.91 Å². The lowest BCUT2D eigenvalue weighted by Crippen LogP contribution is -2.37. The Balaban J connectivity index is 1.54. The highest BCUT2D eigenvalue weighted by Crippen LogP contribution is 2.37. The largest absolute Gasteiger partial charge is 0.331 e. The zero-order chi connectivity index (χ0) is 17.4. The molecule has 2 atom stereocenters. The van der Waals surface area contributed by atoms with Gasteiger partial charge in [0.15, 0.2) is 5.82 Å². The van der Waals surface area contributed by atoms with Gasteiger partial charge in [-0.3, -0.25) is 4.79 Å². The van der Waals surface area contributed by atoms with Crippen LogP contribution in [0.5, 0.6) is 0 Å². The molecule has 0 radical (unpaired) electrons. The quantitative estimate of drug-likeness (QED) is 0.822. The number of tetrazole rings is 1. The molecule has 0 aliphatic carbocycles. The summed E-state index contributed by atoms with van der Waals surface area (Å²) in [4.78, 5) is 17.5. The van der Waals surface area contributed by atoms with Crippen molar-refractivity contribution in [2.75, 3.05) is 6.54 Å². The van der Waals surface area contributed by atoms with Gasteiger partial charge >= 0.3 is 0 Å². The van der Waals surface area contributed by atoms with Crippen LogP contribution in [0.2, 0.25) is 5.02 Å². The molecule has 130 valence electrons. The lowest BCUT2D eigenvalue weighted by atomic mass is 10.2. The second-order valence-corrected chi connectivity index (χ2v) is 8.15. The first-order valence-electron chi connectivity index (χ1n) is 8.31. The molecule has 2 aliphatic heterocycles. The highest BCUT2D eigenvalue weighted by Gasteiger charge is 2.37. The van der Waals surface area contributed by atoms with Crippen molar-refractivity contribution in [2.24, 2.45) is 0 Å². The fourth-order valence-electron chi connectivity index (χ4n) is 3.30. The van der Waals surface area contributed by atoms with Crippen LogP contribution in [0.25, 0.3) is 5.69 Å². The maximum atomic E-state index is 12.9. The van der Waals surface area contributed by atoms with Gasteiger partial charge in [-0.15, -0.1) is 26.8 Å². The van der Waals surface area contributed by atoms with Gasteiger partial charge in [0.1, 0.15) is 0 Å². The lowest BCUT2D eigenvalue weighted by molar-refractivity contribution is -0.131. The molecule has 1 saturated heterocycles. The van der Waals surface area contributed by atoms with Crippen molar-refractivity contribution in [2.45, 2.75) is 37.5 Å². The Morgan fingerprint density at radius 3 is 3.04 bits per heavy atom. The molecular formula is C17H18ClN5OS. The van der Waals surface area contributed by atoms with Crippen LogP contribution in [-0.4, -0.2) is 42.8 Å². The van der Waals surface area contributed by atoms with Gasteiger partial charge in [-0.05, 0) is 54.5 Å². The monoisotopic (exact) mass is 375 g/mol. The van der Waals surface area contributed by atoms with Crippen molar-refractivity contribution in [3.8, 4) is 5.69 Å². The number of thioether (sulfide) groups is 1. The minimum Gasteiger partial charge on any atom is -0.331 e. The number of likely N-dealkylation sites (tertiary alicyclic amines) is 1. The maximum absolute atomic E-state index is 12.9. The van der Waals surface area contributed by atoms with Crippen LogP contribution >= 0.6 is 23.4 Å². The third-order valence-corrected chi connectivity index (χ3v) is 5.98. The van der Waals surface area contributed by atoms with Crippen LogP contribution in [0.15, 0.2) is 35.2 Å². The number of nitrogens with zero attached hydrogens (tertiary/aromatic N) is 5. The molecule has 2 aromatic rings. The third kappa shape index (κ3) is 3.30. The zero-order valence-corrected chi connectivity index (χ0v) is 15.4. The number of hydrogen-bond donors (Lipinski definition) is 0. The van der Waals surface area contributed by atoms with Crippen molar-refractivity contribution < 1.29 is 4.79 Å². The SMILES string of the molecule is CC1=CCC(C(=O)N2CCCC2c2nnn(-c3cccc(Cl)c3)n2)S1. The lowest BCUT2D eigenvalue weighted by Gasteiger charge is -2.25. The zero-order valence-electron chi connectivity index (χ0n) is 13.8. The average Bonchev–Trinajstić information content (AvgIpc) is 3.34. The van der Waals surface area contributed by atoms with E-state index in [-0.39, 0.29) is 17.2 Å². The van der Waals surface area contributed by atoms with Crippen molar-refractivity contribution >= 4 is 29.3 Å². The Labute approximate surface area is 155 Å². The van der Waals surface area contributed by atoms with Gasteiger partial charge in [-0.1, -0.05) is 23.7 Å². The molecule has 4 rings (SSSR count). The van der Waals surface area contributed by atoms with Gasteiger partial charge < -0.3 is 4.90 Å². The third-order valence-electron chi connectivity index (χ3n) is 4.53. The van der Waals surface area contributed by atoms with Crippen LogP contribution in [-0.2, 0) is 4.79 Å². The molecular weight excluding hydrogens is 358 g/mol. The predicted octanol–water partition coefficient (Wildman–Crippen LogP) is 3.39. The minimum absolute atomic E-state index is 0.0106. The molecule has 0 N–H and O–H groups in total. The molecule has 1 fully saturated rings. The standard InChI is InChI=1S/C17H18ClN5OS/c1-11-7-8-15(25-11)17(24)22-9-3-6-14(22)16-19-21-23(20-16)13-5-2-4-12(18)10-13/h2,4-5,7,10,14-15H,3,6,8-9H2,1H3. The van der Waals surface area contributed by atoms with E-state index in [1.165, 1.54) is 9.70 Å². The van der Waals surface area contributed by atoms with Crippen molar-refractivity contribution in [3.05, 3.63) is 46.1 Å². The van der Waals surface area contributed by atoms with Crippen molar-refractivity contribution in [3.63, 3.8) is 0 Å². The second-order valence-electron chi connectivity index (χ2n) is 6.26. The highest BCUT2D eigenvalue weighted by atomic mass is 35.5. The Morgan fingerprint density at radius 2 is 2.28 bits per heavy atom. The normalized spacial score (nSPS) is 23.1. The molecule has 6 nitrogen and oxygen atoms in total. The van der Waals surface area contributed by atoms with E-state index < -0.39 is 0 Å². The first kappa shape index (κ1) is 16.6. The summed E-state index contributed by atoms with van der Waals surface area (Å²) in [6.07, 6.45) is 4.77. The number of benzene rings is 1. The Morgan fingerprint density at radius 1 is 1.40 bits per heavy atom. The summed E-state index contributed by atoms with van der Waals surface area (Å²) >= 11 is 7.68. The van der Waals surface area contributed by atoms with Gasteiger partial charge in [-0.25, -0.2) is 0 Å². The molecule has 1 aromatic heterocycles. The van der Waals surface area contributed by atoms with E-state index >= 15 is 0 Å². The topological polar surface area (TPSA) is 63.9 Å². The maximum Gasteiger partial charge on any atom is 0.236 e. The number of aromatic nitrogens is 4. The molecule has 2 aliphatic rings. The van der Waals surface area contributed by atoms with Gasteiger partial charge in [0.05, 0.1) is 17.0 Å². The Hall–Kier alpha value is -1.86. The summed E-state index contributed by atoms with van der Waals surface area (Å²) < 4.78 is 0. The van der Waals surface area contributed by atoms with E-state index in [9.17, 15) is 4.79 Å².